The van der Waals surface area contributed by atoms with Gasteiger partial charge in [0.15, 0.2) is 9.84 Å². The van der Waals surface area contributed by atoms with Crippen LogP contribution in [0.15, 0.2) is 65.6 Å². The molecule has 6 heteroatoms. The number of sulfone groups is 1. The van der Waals surface area contributed by atoms with Crippen molar-refractivity contribution in [1.82, 2.24) is 15.0 Å². The highest BCUT2D eigenvalue weighted by atomic mass is 32.2. The third-order valence-corrected chi connectivity index (χ3v) is 5.50. The van der Waals surface area contributed by atoms with Crippen LogP contribution in [0, 0.1) is 0 Å². The van der Waals surface area contributed by atoms with Crippen molar-refractivity contribution in [2.24, 2.45) is 0 Å². The van der Waals surface area contributed by atoms with Crippen molar-refractivity contribution < 1.29 is 8.42 Å². The quantitative estimate of drug-likeness (QED) is 0.743. The van der Waals surface area contributed by atoms with Gasteiger partial charge >= 0.3 is 0 Å². The summed E-state index contributed by atoms with van der Waals surface area (Å²) in [5.41, 5.74) is 1.61. The molecule has 0 aliphatic carbocycles. The Balaban J connectivity index is 1.89. The van der Waals surface area contributed by atoms with E-state index in [0.29, 0.717) is 4.90 Å². The van der Waals surface area contributed by atoms with Crippen molar-refractivity contribution in [3.8, 4) is 0 Å². The molecule has 22 heavy (non-hydrogen) atoms. The first-order valence-electron chi connectivity index (χ1n) is 6.86. The molecule has 5 nitrogen and oxygen atoms in total. The minimum atomic E-state index is -3.39. The van der Waals surface area contributed by atoms with Gasteiger partial charge in [0.25, 0.3) is 0 Å². The van der Waals surface area contributed by atoms with Crippen molar-refractivity contribution in [1.29, 1.82) is 0 Å². The van der Waals surface area contributed by atoms with Crippen LogP contribution < -0.4 is 0 Å². The lowest BCUT2D eigenvalue weighted by atomic mass is 10.3. The van der Waals surface area contributed by atoms with E-state index < -0.39 is 15.1 Å². The van der Waals surface area contributed by atoms with Crippen LogP contribution in [0.4, 0.5) is 0 Å². The van der Waals surface area contributed by atoms with Gasteiger partial charge in [-0.1, -0.05) is 35.5 Å². The zero-order valence-corrected chi connectivity index (χ0v) is 12.8. The highest BCUT2D eigenvalue weighted by molar-refractivity contribution is 7.92. The molecule has 3 rings (SSSR count). The van der Waals surface area contributed by atoms with Crippen LogP contribution >= 0.6 is 0 Å². The third-order valence-electron chi connectivity index (χ3n) is 3.44. The molecule has 0 bridgehead atoms. The van der Waals surface area contributed by atoms with Gasteiger partial charge in [0.05, 0.1) is 15.7 Å². The van der Waals surface area contributed by atoms with Crippen LogP contribution in [0.25, 0.3) is 17.2 Å². The maximum Gasteiger partial charge on any atom is 0.184 e. The average Bonchev–Trinajstić information content (AvgIpc) is 2.96. The van der Waals surface area contributed by atoms with E-state index in [1.165, 1.54) is 0 Å². The van der Waals surface area contributed by atoms with Gasteiger partial charge in [-0.15, -0.1) is 5.10 Å². The Kier molecular flexibility index (Phi) is 3.77. The summed E-state index contributed by atoms with van der Waals surface area (Å²) in [5, 5.41) is 7.38. The van der Waals surface area contributed by atoms with Gasteiger partial charge in [0.1, 0.15) is 5.52 Å². The lowest BCUT2D eigenvalue weighted by Gasteiger charge is -2.08. The second-order valence-electron chi connectivity index (χ2n) is 4.93. The molecule has 1 unspecified atom stereocenters. The molecule has 112 valence electrons. The highest BCUT2D eigenvalue weighted by Crippen LogP contribution is 2.17. The van der Waals surface area contributed by atoms with Gasteiger partial charge in [-0.05, 0) is 37.3 Å². The molecule has 2 aromatic carbocycles. The Morgan fingerprint density at radius 2 is 1.73 bits per heavy atom. The standard InChI is InChI=1S/C16H15N3O2S/c1-13(22(20,21)14-7-3-2-4-8-14)11-12-19-16-10-6-5-9-15(16)17-18-19/h2-13H,1H3/b12-11+. The number of hydrogen-bond acceptors (Lipinski definition) is 4. The fourth-order valence-electron chi connectivity index (χ4n) is 2.13. The van der Waals surface area contributed by atoms with Crippen LogP contribution in [0.1, 0.15) is 6.92 Å². The van der Waals surface area contributed by atoms with Crippen molar-refractivity contribution >= 4 is 27.1 Å². The van der Waals surface area contributed by atoms with Crippen molar-refractivity contribution in [3.05, 3.63) is 60.7 Å². The molecule has 0 saturated heterocycles. The number of nitrogens with zero attached hydrogens (tertiary/aromatic N) is 3. The number of fused-ring (bicyclic) bond motifs is 1. The summed E-state index contributed by atoms with van der Waals surface area (Å²) in [6.45, 7) is 1.65. The predicted octanol–water partition coefficient (Wildman–Crippen LogP) is 2.76. The average molecular weight is 313 g/mol. The third kappa shape index (κ3) is 2.65. The summed E-state index contributed by atoms with van der Waals surface area (Å²) < 4.78 is 26.5. The number of hydrogen-bond donors (Lipinski definition) is 0. The van der Waals surface area contributed by atoms with E-state index in [9.17, 15) is 8.42 Å². The molecule has 1 heterocycles. The van der Waals surface area contributed by atoms with E-state index in [4.69, 9.17) is 0 Å². The highest BCUT2D eigenvalue weighted by Gasteiger charge is 2.20. The first kappa shape index (κ1) is 14.5. The number of aromatic nitrogens is 3. The smallest absolute Gasteiger partial charge is 0.184 e. The molecular weight excluding hydrogens is 298 g/mol. The Labute approximate surface area is 128 Å². The summed E-state index contributed by atoms with van der Waals surface area (Å²) in [7, 11) is -3.39. The van der Waals surface area contributed by atoms with Crippen LogP contribution in [0.2, 0.25) is 0 Å². The maximum absolute atomic E-state index is 12.5. The minimum absolute atomic E-state index is 0.315. The minimum Gasteiger partial charge on any atom is -0.223 e. The molecule has 0 amide bonds. The summed E-state index contributed by atoms with van der Waals surface area (Å²) in [6, 6.07) is 15.9. The Morgan fingerprint density at radius 3 is 2.50 bits per heavy atom. The summed E-state index contributed by atoms with van der Waals surface area (Å²) >= 11 is 0. The van der Waals surface area contributed by atoms with Crippen LogP contribution in [0.3, 0.4) is 0 Å². The molecular formula is C16H15N3O2S. The van der Waals surface area contributed by atoms with E-state index in [1.807, 2.05) is 24.3 Å². The monoisotopic (exact) mass is 313 g/mol. The summed E-state index contributed by atoms with van der Waals surface area (Å²) in [5.74, 6) is 0. The lowest BCUT2D eigenvalue weighted by molar-refractivity contribution is 0.591. The van der Waals surface area contributed by atoms with E-state index in [1.54, 1.807) is 54.2 Å². The van der Waals surface area contributed by atoms with Crippen molar-refractivity contribution in [2.45, 2.75) is 17.1 Å². The summed E-state index contributed by atoms with van der Waals surface area (Å²) in [4.78, 5) is 0.315. The van der Waals surface area contributed by atoms with Crippen LogP contribution in [-0.2, 0) is 9.84 Å². The Bertz CT molecular complexity index is 915. The molecule has 0 spiro atoms. The molecule has 3 aromatic rings. The lowest BCUT2D eigenvalue weighted by Crippen LogP contribution is -2.15. The van der Waals surface area contributed by atoms with Gasteiger partial charge in [0, 0.05) is 6.20 Å². The van der Waals surface area contributed by atoms with E-state index in [2.05, 4.69) is 10.3 Å². The Morgan fingerprint density at radius 1 is 1.05 bits per heavy atom. The van der Waals surface area contributed by atoms with Gasteiger partial charge in [-0.2, -0.15) is 0 Å². The second-order valence-corrected chi connectivity index (χ2v) is 7.23. The second kappa shape index (κ2) is 5.73. The predicted molar refractivity (Wildman–Crippen MR) is 85.9 cm³/mol. The number of benzene rings is 2. The van der Waals surface area contributed by atoms with E-state index >= 15 is 0 Å². The van der Waals surface area contributed by atoms with Gasteiger partial charge in [-0.3, -0.25) is 0 Å². The molecule has 0 saturated carbocycles. The van der Waals surface area contributed by atoms with Crippen LogP contribution in [-0.4, -0.2) is 28.7 Å². The molecule has 0 N–H and O–H groups in total. The largest absolute Gasteiger partial charge is 0.223 e. The van der Waals surface area contributed by atoms with Crippen molar-refractivity contribution in [2.75, 3.05) is 0 Å². The van der Waals surface area contributed by atoms with Crippen molar-refractivity contribution in [3.63, 3.8) is 0 Å². The fourth-order valence-corrected chi connectivity index (χ4v) is 3.37. The zero-order valence-electron chi connectivity index (χ0n) is 12.0. The number of para-hydroxylation sites is 1. The fraction of sp³-hybridized carbons (Fsp3) is 0.125. The van der Waals surface area contributed by atoms with Crippen LogP contribution in [0.5, 0.6) is 0 Å². The molecule has 0 radical (unpaired) electrons. The first-order chi connectivity index (χ1) is 10.6. The topological polar surface area (TPSA) is 64.8 Å². The molecule has 1 atom stereocenters. The number of rotatable bonds is 4. The van der Waals surface area contributed by atoms with E-state index in [0.717, 1.165) is 11.0 Å². The molecule has 0 aliphatic rings. The zero-order chi connectivity index (χ0) is 15.6. The molecule has 0 aliphatic heterocycles. The van der Waals surface area contributed by atoms with Gasteiger partial charge < -0.3 is 0 Å². The summed E-state index contributed by atoms with van der Waals surface area (Å²) in [6.07, 6.45) is 3.25. The SMILES string of the molecule is CC(/C=C/n1nnc2ccccc21)S(=O)(=O)c1ccccc1. The normalized spacial score (nSPS) is 13.7. The first-order valence-corrected chi connectivity index (χ1v) is 8.41. The molecule has 1 aromatic heterocycles. The Hall–Kier alpha value is -2.47. The van der Waals surface area contributed by atoms with Gasteiger partial charge in [-0.25, -0.2) is 13.1 Å². The van der Waals surface area contributed by atoms with Gasteiger partial charge in [0.2, 0.25) is 0 Å². The van der Waals surface area contributed by atoms with E-state index in [-0.39, 0.29) is 0 Å². The maximum atomic E-state index is 12.5. The molecule has 0 fully saturated rings.